The summed E-state index contributed by atoms with van der Waals surface area (Å²) in [5.74, 6) is 0.153. The first kappa shape index (κ1) is 18.1. The summed E-state index contributed by atoms with van der Waals surface area (Å²) in [4.78, 5) is 16.7. The Morgan fingerprint density at radius 3 is 2.63 bits per heavy atom. The summed E-state index contributed by atoms with van der Waals surface area (Å²) in [6.07, 6.45) is 0. The molecule has 4 rings (SSSR count). The normalized spacial score (nSPS) is 25.9. The van der Waals surface area contributed by atoms with E-state index in [4.69, 9.17) is 28.6 Å². The van der Waals surface area contributed by atoms with Crippen LogP contribution in [-0.2, 0) is 4.79 Å². The zero-order valence-corrected chi connectivity index (χ0v) is 16.8. The quantitative estimate of drug-likeness (QED) is 0.779. The maximum Gasteiger partial charge on any atom is 0.233 e. The molecule has 1 fully saturated rings. The van der Waals surface area contributed by atoms with Crippen LogP contribution >= 0.6 is 23.8 Å². The number of para-hydroxylation sites is 1. The summed E-state index contributed by atoms with van der Waals surface area (Å²) in [6, 6.07) is 14.9. The first-order valence-corrected chi connectivity index (χ1v) is 9.47. The van der Waals surface area contributed by atoms with Crippen molar-refractivity contribution in [3.63, 3.8) is 0 Å². The first-order valence-electron chi connectivity index (χ1n) is 8.68. The lowest BCUT2D eigenvalue weighted by Gasteiger charge is -2.56. The number of amides is 1. The van der Waals surface area contributed by atoms with E-state index in [2.05, 4.69) is 5.32 Å². The van der Waals surface area contributed by atoms with Gasteiger partial charge in [0.1, 0.15) is 11.7 Å². The van der Waals surface area contributed by atoms with E-state index < -0.39 is 11.6 Å². The van der Waals surface area contributed by atoms with Crippen LogP contribution in [-0.4, -0.2) is 35.7 Å². The van der Waals surface area contributed by atoms with Crippen LogP contribution < -0.4 is 15.0 Å². The molecule has 1 amide bonds. The van der Waals surface area contributed by atoms with Gasteiger partial charge in [-0.3, -0.25) is 9.69 Å². The van der Waals surface area contributed by atoms with Gasteiger partial charge in [-0.15, -0.1) is 0 Å². The van der Waals surface area contributed by atoms with Crippen molar-refractivity contribution in [1.29, 1.82) is 0 Å². The smallest absolute Gasteiger partial charge is 0.233 e. The molecule has 2 bridgehead atoms. The average molecular weight is 402 g/mol. The number of carbonyl (C=O) groups is 1. The number of benzene rings is 2. The Balaban J connectivity index is 1.93. The van der Waals surface area contributed by atoms with Crippen molar-refractivity contribution in [1.82, 2.24) is 10.2 Å². The molecule has 2 aliphatic heterocycles. The molecule has 2 aromatic carbocycles. The van der Waals surface area contributed by atoms with E-state index in [9.17, 15) is 4.79 Å². The van der Waals surface area contributed by atoms with Crippen molar-refractivity contribution in [2.75, 3.05) is 19.0 Å². The van der Waals surface area contributed by atoms with Gasteiger partial charge in [0.05, 0.1) is 6.04 Å². The van der Waals surface area contributed by atoms with Crippen LogP contribution in [0.5, 0.6) is 5.75 Å². The molecule has 2 aromatic rings. The van der Waals surface area contributed by atoms with Gasteiger partial charge >= 0.3 is 0 Å². The Kier molecular flexibility index (Phi) is 4.28. The maximum atomic E-state index is 13.2. The second-order valence-electron chi connectivity index (χ2n) is 7.15. The monoisotopic (exact) mass is 401 g/mol. The van der Waals surface area contributed by atoms with E-state index in [0.717, 1.165) is 11.3 Å². The number of anilines is 1. The standard InChI is InChI=1S/C20H20ClN3O2S/c1-20-16(18(25)23(2)3)17(14-11-12(21)9-10-15(14)26-20)22-19(27)24(20)13-7-5-4-6-8-13/h4-11,16-17H,1-3H3,(H,22,27). The maximum absolute atomic E-state index is 13.2. The van der Waals surface area contributed by atoms with Crippen molar-refractivity contribution in [3.05, 3.63) is 59.1 Å². The number of carbonyl (C=O) groups excluding carboxylic acids is 1. The topological polar surface area (TPSA) is 44.8 Å². The number of rotatable bonds is 2. The van der Waals surface area contributed by atoms with Crippen LogP contribution in [0.15, 0.2) is 48.5 Å². The molecule has 140 valence electrons. The van der Waals surface area contributed by atoms with Gasteiger partial charge in [-0.1, -0.05) is 29.8 Å². The van der Waals surface area contributed by atoms with Crippen LogP contribution in [0.1, 0.15) is 18.5 Å². The lowest BCUT2D eigenvalue weighted by atomic mass is 9.78. The van der Waals surface area contributed by atoms with Gasteiger partial charge < -0.3 is 15.0 Å². The highest BCUT2D eigenvalue weighted by atomic mass is 35.5. The Bertz CT molecular complexity index is 921. The molecule has 0 spiro atoms. The van der Waals surface area contributed by atoms with Gasteiger partial charge in [0.15, 0.2) is 10.8 Å². The third kappa shape index (κ3) is 2.75. The first-order chi connectivity index (χ1) is 12.8. The third-order valence-electron chi connectivity index (χ3n) is 5.18. The molecule has 0 aromatic heterocycles. The molecule has 1 N–H and O–H groups in total. The third-order valence-corrected chi connectivity index (χ3v) is 5.72. The van der Waals surface area contributed by atoms with Gasteiger partial charge in [0.25, 0.3) is 0 Å². The summed E-state index contributed by atoms with van der Waals surface area (Å²) >= 11 is 11.9. The number of nitrogens with one attached hydrogen (secondary N) is 1. The van der Waals surface area contributed by atoms with Crippen molar-refractivity contribution >= 4 is 40.5 Å². The molecule has 7 heteroatoms. The van der Waals surface area contributed by atoms with Gasteiger partial charge in [-0.2, -0.15) is 0 Å². The summed E-state index contributed by atoms with van der Waals surface area (Å²) in [6.45, 7) is 1.92. The molecule has 1 saturated heterocycles. The highest BCUT2D eigenvalue weighted by molar-refractivity contribution is 7.80. The molecule has 2 heterocycles. The number of thiocarbonyl (C=S) groups is 1. The van der Waals surface area contributed by atoms with E-state index in [0.29, 0.717) is 15.9 Å². The Labute approximate surface area is 168 Å². The second kappa shape index (κ2) is 6.39. The minimum atomic E-state index is -0.976. The molecule has 5 nitrogen and oxygen atoms in total. The molecular formula is C20H20ClN3O2S. The average Bonchev–Trinajstić information content (AvgIpc) is 2.62. The fraction of sp³-hybridized carbons (Fsp3) is 0.300. The lowest BCUT2D eigenvalue weighted by Crippen LogP contribution is -2.72. The summed E-state index contributed by atoms with van der Waals surface area (Å²) in [7, 11) is 3.50. The van der Waals surface area contributed by atoms with E-state index >= 15 is 0 Å². The molecule has 0 saturated carbocycles. The van der Waals surface area contributed by atoms with E-state index in [1.54, 1.807) is 25.1 Å². The fourth-order valence-corrected chi connectivity index (χ4v) is 4.57. The fourth-order valence-electron chi connectivity index (χ4n) is 3.98. The van der Waals surface area contributed by atoms with Gasteiger partial charge in [0, 0.05) is 30.4 Å². The lowest BCUT2D eigenvalue weighted by molar-refractivity contribution is -0.144. The number of hydrogen-bond donors (Lipinski definition) is 1. The molecule has 0 radical (unpaired) electrons. The minimum Gasteiger partial charge on any atom is -0.467 e. The second-order valence-corrected chi connectivity index (χ2v) is 7.97. The number of halogens is 1. The van der Waals surface area contributed by atoms with Gasteiger partial charge in [0.2, 0.25) is 5.91 Å². The predicted molar refractivity (Wildman–Crippen MR) is 110 cm³/mol. The van der Waals surface area contributed by atoms with Crippen LogP contribution in [0.3, 0.4) is 0 Å². The molecule has 3 unspecified atom stereocenters. The largest absolute Gasteiger partial charge is 0.467 e. The predicted octanol–water partition coefficient (Wildman–Crippen LogP) is 3.59. The number of fused-ring (bicyclic) bond motifs is 4. The highest BCUT2D eigenvalue weighted by Crippen LogP contribution is 2.50. The molecule has 3 atom stereocenters. The summed E-state index contributed by atoms with van der Waals surface area (Å²) in [5.41, 5.74) is 0.733. The van der Waals surface area contributed by atoms with E-state index in [1.165, 1.54) is 0 Å². The minimum absolute atomic E-state index is 0.0379. The van der Waals surface area contributed by atoms with Crippen LogP contribution in [0.2, 0.25) is 5.02 Å². The van der Waals surface area contributed by atoms with Crippen LogP contribution in [0.25, 0.3) is 0 Å². The van der Waals surface area contributed by atoms with Crippen molar-refractivity contribution in [3.8, 4) is 5.75 Å². The van der Waals surface area contributed by atoms with Crippen LogP contribution in [0, 0.1) is 5.92 Å². The van der Waals surface area contributed by atoms with Gasteiger partial charge in [-0.05, 0) is 49.5 Å². The summed E-state index contributed by atoms with van der Waals surface area (Å²) < 4.78 is 6.46. The molecule has 0 aliphatic carbocycles. The Morgan fingerprint density at radius 2 is 1.96 bits per heavy atom. The van der Waals surface area contributed by atoms with Crippen molar-refractivity contribution in [2.24, 2.45) is 5.92 Å². The molecule has 2 aliphatic rings. The number of nitrogens with zero attached hydrogens (tertiary/aromatic N) is 2. The van der Waals surface area contributed by atoms with Crippen molar-refractivity contribution < 1.29 is 9.53 Å². The SMILES string of the molecule is CN(C)C(=O)C1C2NC(=S)N(c3ccccc3)C1(C)Oc1ccc(Cl)cc12. The Morgan fingerprint density at radius 1 is 1.26 bits per heavy atom. The summed E-state index contributed by atoms with van der Waals surface area (Å²) in [5, 5.41) is 4.47. The molecule has 27 heavy (non-hydrogen) atoms. The van der Waals surface area contributed by atoms with E-state index in [-0.39, 0.29) is 11.9 Å². The highest BCUT2D eigenvalue weighted by Gasteiger charge is 2.59. The van der Waals surface area contributed by atoms with E-state index in [1.807, 2.05) is 54.3 Å². The number of ether oxygens (including phenoxy) is 1. The Hall–Kier alpha value is -2.31. The van der Waals surface area contributed by atoms with Crippen molar-refractivity contribution in [2.45, 2.75) is 18.7 Å². The van der Waals surface area contributed by atoms with Gasteiger partial charge in [-0.25, -0.2) is 0 Å². The molecular weight excluding hydrogens is 382 g/mol. The zero-order chi connectivity index (χ0) is 19.3. The van der Waals surface area contributed by atoms with Crippen LogP contribution in [0.4, 0.5) is 5.69 Å². The zero-order valence-electron chi connectivity index (χ0n) is 15.3. The number of hydrogen-bond acceptors (Lipinski definition) is 3.